The zero-order chi connectivity index (χ0) is 18.4. The minimum Gasteiger partial charge on any atom is -0.372 e. The number of anilines is 3. The Bertz CT molecular complexity index is 748. The Kier molecular flexibility index (Phi) is 5.89. The van der Waals surface area contributed by atoms with Crippen molar-refractivity contribution in [2.75, 3.05) is 28.6 Å². The number of hydrogen-bond donors (Lipinski definition) is 2. The lowest BCUT2D eigenvalue weighted by Gasteiger charge is -2.17. The zero-order valence-corrected chi connectivity index (χ0v) is 15.1. The molecule has 0 bridgehead atoms. The first-order valence-corrected chi connectivity index (χ1v) is 9.11. The van der Waals surface area contributed by atoms with Crippen molar-refractivity contribution < 1.29 is 9.59 Å². The SMILES string of the molecule is CC(=O)Nc1ccc(NC(=O)CCc2ccc(N3CCCC3)cc2)cc1. The minimum absolute atomic E-state index is 0.0131. The van der Waals surface area contributed by atoms with Crippen molar-refractivity contribution in [2.24, 2.45) is 0 Å². The molecule has 26 heavy (non-hydrogen) atoms. The van der Waals surface area contributed by atoms with Crippen molar-refractivity contribution in [3.63, 3.8) is 0 Å². The van der Waals surface area contributed by atoms with Gasteiger partial charge in [-0.2, -0.15) is 0 Å². The zero-order valence-electron chi connectivity index (χ0n) is 15.1. The predicted octanol–water partition coefficient (Wildman–Crippen LogP) is 3.82. The number of amides is 2. The third kappa shape index (κ3) is 5.09. The number of nitrogens with one attached hydrogen (secondary N) is 2. The van der Waals surface area contributed by atoms with Gasteiger partial charge in [0.25, 0.3) is 0 Å². The standard InChI is InChI=1S/C21H25N3O2/c1-16(25)22-18-7-9-19(10-8-18)23-21(26)13-6-17-4-11-20(12-5-17)24-14-2-3-15-24/h4-5,7-12H,2-3,6,13-15H2,1H3,(H,22,25)(H,23,26). The van der Waals surface area contributed by atoms with E-state index in [0.29, 0.717) is 12.1 Å². The second-order valence-corrected chi connectivity index (χ2v) is 6.67. The minimum atomic E-state index is -0.113. The first kappa shape index (κ1) is 18.0. The molecule has 1 heterocycles. The molecule has 3 rings (SSSR count). The summed E-state index contributed by atoms with van der Waals surface area (Å²) in [7, 11) is 0. The second kappa shape index (κ2) is 8.52. The van der Waals surface area contributed by atoms with Crippen molar-refractivity contribution in [2.45, 2.75) is 32.6 Å². The first-order chi connectivity index (χ1) is 12.6. The summed E-state index contributed by atoms with van der Waals surface area (Å²) in [5, 5.41) is 5.59. The van der Waals surface area contributed by atoms with Crippen molar-refractivity contribution in [3.8, 4) is 0 Å². The van der Waals surface area contributed by atoms with E-state index in [1.807, 2.05) is 0 Å². The normalized spacial score (nSPS) is 13.5. The summed E-state index contributed by atoms with van der Waals surface area (Å²) in [5.41, 5.74) is 3.89. The summed E-state index contributed by atoms with van der Waals surface area (Å²) in [5.74, 6) is -0.126. The molecular weight excluding hydrogens is 326 g/mol. The van der Waals surface area contributed by atoms with Gasteiger partial charge in [0.05, 0.1) is 0 Å². The summed E-state index contributed by atoms with van der Waals surface area (Å²) < 4.78 is 0. The third-order valence-corrected chi connectivity index (χ3v) is 4.54. The number of hydrogen-bond acceptors (Lipinski definition) is 3. The number of benzene rings is 2. The maximum absolute atomic E-state index is 12.1. The molecule has 0 radical (unpaired) electrons. The van der Waals surface area contributed by atoms with E-state index in [2.05, 4.69) is 39.8 Å². The number of carbonyl (C=O) groups is 2. The lowest BCUT2D eigenvalue weighted by molar-refractivity contribution is -0.116. The molecule has 0 saturated carbocycles. The van der Waals surface area contributed by atoms with Crippen molar-refractivity contribution >= 4 is 28.9 Å². The van der Waals surface area contributed by atoms with E-state index in [9.17, 15) is 9.59 Å². The molecule has 0 atom stereocenters. The molecule has 2 aromatic carbocycles. The van der Waals surface area contributed by atoms with E-state index in [0.717, 1.165) is 25.2 Å². The fourth-order valence-corrected chi connectivity index (χ4v) is 3.17. The van der Waals surface area contributed by atoms with Gasteiger partial charge in [0, 0.05) is 43.5 Å². The third-order valence-electron chi connectivity index (χ3n) is 4.54. The van der Waals surface area contributed by atoms with Gasteiger partial charge < -0.3 is 15.5 Å². The molecule has 1 aliphatic rings. The molecule has 5 nitrogen and oxygen atoms in total. The molecule has 136 valence electrons. The molecular formula is C21H25N3O2. The van der Waals surface area contributed by atoms with E-state index in [-0.39, 0.29) is 11.8 Å². The Hall–Kier alpha value is -2.82. The van der Waals surface area contributed by atoms with Gasteiger partial charge in [-0.1, -0.05) is 12.1 Å². The van der Waals surface area contributed by atoms with Crippen LogP contribution in [0.1, 0.15) is 31.7 Å². The van der Waals surface area contributed by atoms with Crippen molar-refractivity contribution in [3.05, 3.63) is 54.1 Å². The van der Waals surface area contributed by atoms with E-state index in [1.165, 1.54) is 31.0 Å². The van der Waals surface area contributed by atoms with E-state index < -0.39 is 0 Å². The summed E-state index contributed by atoms with van der Waals surface area (Å²) in [6.45, 7) is 3.75. The molecule has 5 heteroatoms. The average molecular weight is 351 g/mol. The Labute approximate surface area is 154 Å². The Morgan fingerprint density at radius 2 is 1.46 bits per heavy atom. The van der Waals surface area contributed by atoms with Crippen LogP contribution < -0.4 is 15.5 Å². The lowest BCUT2D eigenvalue weighted by Crippen LogP contribution is -2.17. The lowest BCUT2D eigenvalue weighted by atomic mass is 10.1. The molecule has 0 unspecified atom stereocenters. The van der Waals surface area contributed by atoms with Crippen LogP contribution in [0.15, 0.2) is 48.5 Å². The summed E-state index contributed by atoms with van der Waals surface area (Å²) in [4.78, 5) is 25.5. The van der Waals surface area contributed by atoms with Crippen LogP contribution in [-0.4, -0.2) is 24.9 Å². The van der Waals surface area contributed by atoms with Gasteiger partial charge in [0.1, 0.15) is 0 Å². The Morgan fingerprint density at radius 3 is 2.04 bits per heavy atom. The maximum atomic E-state index is 12.1. The fraction of sp³-hybridized carbons (Fsp3) is 0.333. The molecule has 2 N–H and O–H groups in total. The van der Waals surface area contributed by atoms with Crippen LogP contribution in [-0.2, 0) is 16.0 Å². The van der Waals surface area contributed by atoms with Crippen LogP contribution in [0.2, 0.25) is 0 Å². The molecule has 1 saturated heterocycles. The number of nitrogens with zero attached hydrogens (tertiary/aromatic N) is 1. The Morgan fingerprint density at radius 1 is 0.885 bits per heavy atom. The highest BCUT2D eigenvalue weighted by molar-refractivity contribution is 5.92. The number of rotatable bonds is 6. The molecule has 1 fully saturated rings. The molecule has 0 aromatic heterocycles. The topological polar surface area (TPSA) is 61.4 Å². The molecule has 2 amide bonds. The highest BCUT2D eigenvalue weighted by Crippen LogP contribution is 2.21. The van der Waals surface area contributed by atoms with Gasteiger partial charge in [-0.25, -0.2) is 0 Å². The van der Waals surface area contributed by atoms with Gasteiger partial charge in [-0.05, 0) is 61.2 Å². The first-order valence-electron chi connectivity index (χ1n) is 9.11. The predicted molar refractivity (Wildman–Crippen MR) is 106 cm³/mol. The molecule has 0 spiro atoms. The summed E-state index contributed by atoms with van der Waals surface area (Å²) in [6.07, 6.45) is 3.70. The molecule has 2 aromatic rings. The number of aryl methyl sites for hydroxylation is 1. The van der Waals surface area contributed by atoms with E-state index in [4.69, 9.17) is 0 Å². The van der Waals surface area contributed by atoms with Gasteiger partial charge in [0.2, 0.25) is 11.8 Å². The van der Waals surface area contributed by atoms with Gasteiger partial charge >= 0.3 is 0 Å². The molecule has 0 aliphatic carbocycles. The van der Waals surface area contributed by atoms with Crippen molar-refractivity contribution in [1.82, 2.24) is 0 Å². The van der Waals surface area contributed by atoms with Crippen LogP contribution in [0.5, 0.6) is 0 Å². The van der Waals surface area contributed by atoms with Crippen LogP contribution in [0.3, 0.4) is 0 Å². The average Bonchev–Trinajstić information content (AvgIpc) is 3.16. The summed E-state index contributed by atoms with van der Waals surface area (Å²) in [6, 6.07) is 15.6. The van der Waals surface area contributed by atoms with Gasteiger partial charge in [-0.3, -0.25) is 9.59 Å². The van der Waals surface area contributed by atoms with E-state index >= 15 is 0 Å². The van der Waals surface area contributed by atoms with Crippen LogP contribution in [0.4, 0.5) is 17.1 Å². The smallest absolute Gasteiger partial charge is 0.224 e. The quantitative estimate of drug-likeness (QED) is 0.832. The highest BCUT2D eigenvalue weighted by atomic mass is 16.2. The monoisotopic (exact) mass is 351 g/mol. The Balaban J connectivity index is 1.46. The maximum Gasteiger partial charge on any atom is 0.224 e. The molecule has 1 aliphatic heterocycles. The largest absolute Gasteiger partial charge is 0.372 e. The van der Waals surface area contributed by atoms with E-state index in [1.54, 1.807) is 24.3 Å². The fourth-order valence-electron chi connectivity index (χ4n) is 3.17. The summed E-state index contributed by atoms with van der Waals surface area (Å²) >= 11 is 0. The van der Waals surface area contributed by atoms with Crippen molar-refractivity contribution in [1.29, 1.82) is 0 Å². The number of carbonyl (C=O) groups excluding carboxylic acids is 2. The second-order valence-electron chi connectivity index (χ2n) is 6.67. The van der Waals surface area contributed by atoms with Gasteiger partial charge in [0.15, 0.2) is 0 Å². The van der Waals surface area contributed by atoms with Crippen LogP contribution in [0.25, 0.3) is 0 Å². The van der Waals surface area contributed by atoms with Gasteiger partial charge in [-0.15, -0.1) is 0 Å². The van der Waals surface area contributed by atoms with Crippen LogP contribution in [0, 0.1) is 0 Å². The van der Waals surface area contributed by atoms with Crippen LogP contribution >= 0.6 is 0 Å². The highest BCUT2D eigenvalue weighted by Gasteiger charge is 2.12.